The molecule has 1 aliphatic rings. The number of alkyl halides is 3. The molecular weight excluding hydrogens is 261 g/mol. The third-order valence-electron chi connectivity index (χ3n) is 3.08. The monoisotopic (exact) mass is 278 g/mol. The number of halogens is 3. The first-order chi connectivity index (χ1) is 8.29. The second-order valence-corrected chi connectivity index (χ2v) is 6.29. The van der Waals surface area contributed by atoms with E-state index in [1.807, 2.05) is 20.8 Å². The van der Waals surface area contributed by atoms with Crippen molar-refractivity contribution >= 4 is 11.3 Å². The second-order valence-electron chi connectivity index (χ2n) is 5.18. The summed E-state index contributed by atoms with van der Waals surface area (Å²) in [6.07, 6.45) is -3.39. The molecule has 0 aromatic carbocycles. The van der Waals surface area contributed by atoms with Gasteiger partial charge >= 0.3 is 6.18 Å². The molecule has 1 aliphatic carbocycles. The summed E-state index contributed by atoms with van der Waals surface area (Å²) in [6.45, 7) is 6.12. The summed E-state index contributed by atoms with van der Waals surface area (Å²) in [5.74, 6) is 0.715. The lowest BCUT2D eigenvalue weighted by Gasteiger charge is -2.09. The number of thiazole rings is 1. The number of rotatable bonds is 4. The molecule has 1 aromatic heterocycles. The molecule has 0 aliphatic heterocycles. The molecule has 1 saturated carbocycles. The molecule has 0 radical (unpaired) electrons. The Morgan fingerprint density at radius 1 is 1.44 bits per heavy atom. The molecule has 18 heavy (non-hydrogen) atoms. The van der Waals surface area contributed by atoms with E-state index in [1.165, 1.54) is 11.3 Å². The van der Waals surface area contributed by atoms with E-state index in [-0.39, 0.29) is 18.5 Å². The van der Waals surface area contributed by atoms with Gasteiger partial charge in [0.05, 0.1) is 9.88 Å². The molecular formula is C12H17F3N2S. The van der Waals surface area contributed by atoms with Crippen LogP contribution < -0.4 is 5.32 Å². The van der Waals surface area contributed by atoms with Crippen LogP contribution in [0, 0.1) is 5.92 Å². The highest BCUT2D eigenvalue weighted by Crippen LogP contribution is 2.49. The number of aromatic nitrogens is 1. The average Bonchev–Trinajstić information content (AvgIpc) is 2.79. The zero-order valence-electron chi connectivity index (χ0n) is 10.6. The zero-order valence-corrected chi connectivity index (χ0v) is 11.5. The minimum Gasteiger partial charge on any atom is -0.310 e. The third kappa shape index (κ3) is 3.03. The lowest BCUT2D eigenvalue weighted by Crippen LogP contribution is -2.23. The molecule has 2 rings (SSSR count). The Labute approximate surface area is 109 Å². The molecule has 0 spiro atoms. The summed E-state index contributed by atoms with van der Waals surface area (Å²) >= 11 is 1.21. The molecule has 1 fully saturated rings. The summed E-state index contributed by atoms with van der Waals surface area (Å²) in [7, 11) is 0. The Hall–Kier alpha value is -0.620. The lowest BCUT2D eigenvalue weighted by molar-refractivity contribution is -0.141. The van der Waals surface area contributed by atoms with Crippen molar-refractivity contribution in [3.8, 4) is 0 Å². The highest BCUT2D eigenvalue weighted by Gasteiger charge is 2.42. The van der Waals surface area contributed by atoms with Crippen LogP contribution >= 0.6 is 11.3 Å². The van der Waals surface area contributed by atoms with E-state index in [9.17, 15) is 13.2 Å². The Balaban J connectivity index is 2.22. The second kappa shape index (κ2) is 4.81. The molecule has 1 aromatic rings. The van der Waals surface area contributed by atoms with Crippen LogP contribution in [0.3, 0.4) is 0 Å². The molecule has 6 heteroatoms. The van der Waals surface area contributed by atoms with Crippen molar-refractivity contribution < 1.29 is 13.2 Å². The third-order valence-corrected chi connectivity index (χ3v) is 4.27. The fourth-order valence-corrected chi connectivity index (χ4v) is 3.12. The van der Waals surface area contributed by atoms with Crippen molar-refractivity contribution in [3.63, 3.8) is 0 Å². The van der Waals surface area contributed by atoms with Gasteiger partial charge in [0.15, 0.2) is 5.69 Å². The predicted octanol–water partition coefficient (Wildman–Crippen LogP) is 3.78. The molecule has 2 unspecified atom stereocenters. The standard InChI is InChI=1S/C12H17F3N2S/c1-6(2)16-5-9-10(12(13,14)15)17-11(18-9)8-4-7(8)3/h6-8,16H,4-5H2,1-3H3. The highest BCUT2D eigenvalue weighted by atomic mass is 32.1. The van der Waals surface area contributed by atoms with E-state index < -0.39 is 11.9 Å². The van der Waals surface area contributed by atoms with E-state index in [0.29, 0.717) is 15.8 Å². The van der Waals surface area contributed by atoms with Crippen molar-refractivity contribution in [2.75, 3.05) is 0 Å². The van der Waals surface area contributed by atoms with Crippen LogP contribution in [0.15, 0.2) is 0 Å². The number of hydrogen-bond acceptors (Lipinski definition) is 3. The molecule has 0 saturated heterocycles. The fourth-order valence-electron chi connectivity index (χ4n) is 1.83. The van der Waals surface area contributed by atoms with Gasteiger partial charge in [0.1, 0.15) is 0 Å². The molecule has 2 nitrogen and oxygen atoms in total. The SMILES string of the molecule is CC(C)NCc1sc(C2CC2C)nc1C(F)(F)F. The van der Waals surface area contributed by atoms with Crippen molar-refractivity contribution in [2.24, 2.45) is 5.92 Å². The Morgan fingerprint density at radius 2 is 2.06 bits per heavy atom. The van der Waals surface area contributed by atoms with Gasteiger partial charge in [0, 0.05) is 18.5 Å². The largest absolute Gasteiger partial charge is 0.434 e. The van der Waals surface area contributed by atoms with Gasteiger partial charge in [-0.15, -0.1) is 11.3 Å². The van der Waals surface area contributed by atoms with Crippen molar-refractivity contribution in [2.45, 2.75) is 51.9 Å². The zero-order chi connectivity index (χ0) is 13.5. The molecule has 1 N–H and O–H groups in total. The number of nitrogens with zero attached hydrogens (tertiary/aromatic N) is 1. The summed E-state index contributed by atoms with van der Waals surface area (Å²) in [4.78, 5) is 4.14. The molecule has 1 heterocycles. The van der Waals surface area contributed by atoms with Gasteiger partial charge in [-0.25, -0.2) is 4.98 Å². The van der Waals surface area contributed by atoms with Gasteiger partial charge in [-0.05, 0) is 12.3 Å². The quantitative estimate of drug-likeness (QED) is 0.906. The van der Waals surface area contributed by atoms with Crippen molar-refractivity contribution in [1.29, 1.82) is 0 Å². The summed E-state index contributed by atoms with van der Waals surface area (Å²) in [5.41, 5.74) is -0.699. The van der Waals surface area contributed by atoms with Crippen LogP contribution in [-0.2, 0) is 12.7 Å². The predicted molar refractivity (Wildman–Crippen MR) is 65.6 cm³/mol. The summed E-state index contributed by atoms with van der Waals surface area (Å²) in [6, 6.07) is 0.163. The van der Waals surface area contributed by atoms with Crippen molar-refractivity contribution in [3.05, 3.63) is 15.6 Å². The molecule has 0 amide bonds. The van der Waals surface area contributed by atoms with Crippen LogP contribution in [0.1, 0.15) is 48.7 Å². The summed E-state index contributed by atoms with van der Waals surface area (Å²) < 4.78 is 38.7. The van der Waals surface area contributed by atoms with E-state index in [0.717, 1.165) is 6.42 Å². The Bertz CT molecular complexity index is 425. The molecule has 0 bridgehead atoms. The maximum Gasteiger partial charge on any atom is 0.434 e. The van der Waals surface area contributed by atoms with Crippen LogP contribution in [0.5, 0.6) is 0 Å². The van der Waals surface area contributed by atoms with Crippen molar-refractivity contribution in [1.82, 2.24) is 10.3 Å². The van der Waals surface area contributed by atoms with E-state index >= 15 is 0 Å². The minimum atomic E-state index is -4.35. The van der Waals surface area contributed by atoms with Crippen LogP contribution in [0.2, 0.25) is 0 Å². The van der Waals surface area contributed by atoms with Crippen LogP contribution in [-0.4, -0.2) is 11.0 Å². The normalized spacial score (nSPS) is 23.7. The van der Waals surface area contributed by atoms with Gasteiger partial charge in [0.2, 0.25) is 0 Å². The average molecular weight is 278 g/mol. The lowest BCUT2D eigenvalue weighted by atomic mass is 10.3. The summed E-state index contributed by atoms with van der Waals surface area (Å²) in [5, 5.41) is 3.68. The van der Waals surface area contributed by atoms with Gasteiger partial charge in [-0.1, -0.05) is 20.8 Å². The van der Waals surface area contributed by atoms with E-state index in [2.05, 4.69) is 10.3 Å². The smallest absolute Gasteiger partial charge is 0.310 e. The van der Waals surface area contributed by atoms with Gasteiger partial charge in [-0.2, -0.15) is 13.2 Å². The maximum absolute atomic E-state index is 12.9. The minimum absolute atomic E-state index is 0.163. The number of hydrogen-bond donors (Lipinski definition) is 1. The molecule has 102 valence electrons. The van der Waals surface area contributed by atoms with E-state index in [4.69, 9.17) is 0 Å². The van der Waals surface area contributed by atoms with Crippen LogP contribution in [0.4, 0.5) is 13.2 Å². The van der Waals surface area contributed by atoms with Gasteiger partial charge in [0.25, 0.3) is 0 Å². The van der Waals surface area contributed by atoms with E-state index in [1.54, 1.807) is 0 Å². The number of nitrogens with one attached hydrogen (secondary N) is 1. The first-order valence-corrected chi connectivity index (χ1v) is 6.91. The Kier molecular flexibility index (Phi) is 3.69. The highest BCUT2D eigenvalue weighted by molar-refractivity contribution is 7.11. The topological polar surface area (TPSA) is 24.9 Å². The van der Waals surface area contributed by atoms with Gasteiger partial charge < -0.3 is 5.32 Å². The first kappa shape index (κ1) is 13.8. The fraction of sp³-hybridized carbons (Fsp3) is 0.750. The Morgan fingerprint density at radius 3 is 2.50 bits per heavy atom. The maximum atomic E-state index is 12.9. The molecule has 2 atom stereocenters. The van der Waals surface area contributed by atoms with Crippen LogP contribution in [0.25, 0.3) is 0 Å². The van der Waals surface area contributed by atoms with Gasteiger partial charge in [-0.3, -0.25) is 0 Å². The first-order valence-electron chi connectivity index (χ1n) is 6.09.